The average Bonchev–Trinajstić information content (AvgIpc) is 3.16. The largest absolute Gasteiger partial charge is 0.361 e. The maximum absolute atomic E-state index is 12.8. The van der Waals surface area contributed by atoms with Crippen LogP contribution in [0.15, 0.2) is 34.9 Å². The van der Waals surface area contributed by atoms with E-state index in [1.165, 1.54) is 11.1 Å². The molecule has 0 aliphatic carbocycles. The second-order valence-electron chi connectivity index (χ2n) is 5.94. The summed E-state index contributed by atoms with van der Waals surface area (Å²) >= 11 is 0. The van der Waals surface area contributed by atoms with Crippen molar-refractivity contribution in [3.05, 3.63) is 52.9 Å². The van der Waals surface area contributed by atoms with Crippen LogP contribution >= 0.6 is 0 Å². The molecule has 1 fully saturated rings. The van der Waals surface area contributed by atoms with Crippen LogP contribution in [0.2, 0.25) is 0 Å². The lowest BCUT2D eigenvalue weighted by Crippen LogP contribution is -2.31. The van der Waals surface area contributed by atoms with E-state index in [1.54, 1.807) is 6.07 Å². The fourth-order valence-electron chi connectivity index (χ4n) is 3.22. The van der Waals surface area contributed by atoms with Gasteiger partial charge in [0.15, 0.2) is 5.69 Å². The van der Waals surface area contributed by atoms with Crippen LogP contribution in [0.5, 0.6) is 0 Å². The number of hydrogen-bond donors (Lipinski definition) is 0. The van der Waals surface area contributed by atoms with Gasteiger partial charge in [-0.25, -0.2) is 0 Å². The van der Waals surface area contributed by atoms with Crippen molar-refractivity contribution in [3.8, 4) is 0 Å². The summed E-state index contributed by atoms with van der Waals surface area (Å²) < 4.78 is 5.25. The standard InChI is InChI=1S/C18H22N2O2/c1-3-7-14-12-16(19-22-14)18(21)20-11-6-10-17(20)15-9-5-4-8-13(15)2/h4-5,8-9,12,17H,3,6-7,10-11H2,1-2H3. The lowest BCUT2D eigenvalue weighted by Gasteiger charge is -2.25. The summed E-state index contributed by atoms with van der Waals surface area (Å²) in [4.78, 5) is 14.7. The fraction of sp³-hybridized carbons (Fsp3) is 0.444. The van der Waals surface area contributed by atoms with Gasteiger partial charge in [0.25, 0.3) is 5.91 Å². The molecule has 0 N–H and O–H groups in total. The molecule has 1 aromatic carbocycles. The highest BCUT2D eigenvalue weighted by atomic mass is 16.5. The van der Waals surface area contributed by atoms with E-state index in [1.807, 2.05) is 17.0 Å². The van der Waals surface area contributed by atoms with E-state index in [0.717, 1.165) is 38.0 Å². The number of likely N-dealkylation sites (tertiary alicyclic amines) is 1. The van der Waals surface area contributed by atoms with Crippen molar-refractivity contribution in [2.75, 3.05) is 6.54 Å². The van der Waals surface area contributed by atoms with E-state index in [2.05, 4.69) is 31.1 Å². The zero-order valence-corrected chi connectivity index (χ0v) is 13.2. The number of rotatable bonds is 4. The van der Waals surface area contributed by atoms with Gasteiger partial charge >= 0.3 is 0 Å². The maximum atomic E-state index is 12.8. The lowest BCUT2D eigenvalue weighted by atomic mass is 9.99. The van der Waals surface area contributed by atoms with Crippen molar-refractivity contribution in [3.63, 3.8) is 0 Å². The molecular formula is C18H22N2O2. The molecule has 3 rings (SSSR count). The Kier molecular flexibility index (Phi) is 4.27. The van der Waals surface area contributed by atoms with Gasteiger partial charge in [-0.1, -0.05) is 36.3 Å². The minimum atomic E-state index is -0.0168. The van der Waals surface area contributed by atoms with Crippen molar-refractivity contribution in [2.24, 2.45) is 0 Å². The Balaban J connectivity index is 1.83. The normalized spacial score (nSPS) is 17.9. The van der Waals surface area contributed by atoms with Gasteiger partial charge in [-0.15, -0.1) is 0 Å². The quantitative estimate of drug-likeness (QED) is 0.859. The number of aryl methyl sites for hydroxylation is 2. The number of hydrogen-bond acceptors (Lipinski definition) is 3. The van der Waals surface area contributed by atoms with Crippen LogP contribution in [0, 0.1) is 6.92 Å². The highest BCUT2D eigenvalue weighted by Crippen LogP contribution is 2.34. The van der Waals surface area contributed by atoms with Gasteiger partial charge in [0, 0.05) is 19.0 Å². The summed E-state index contributed by atoms with van der Waals surface area (Å²) in [6.45, 7) is 4.97. The first kappa shape index (κ1) is 14.8. The topological polar surface area (TPSA) is 46.3 Å². The molecule has 2 aromatic rings. The van der Waals surface area contributed by atoms with Gasteiger partial charge in [-0.05, 0) is 37.3 Å². The third-order valence-electron chi connectivity index (χ3n) is 4.34. The minimum Gasteiger partial charge on any atom is -0.361 e. The molecule has 0 bridgehead atoms. The van der Waals surface area contributed by atoms with E-state index < -0.39 is 0 Å². The Labute approximate surface area is 131 Å². The maximum Gasteiger partial charge on any atom is 0.276 e. The smallest absolute Gasteiger partial charge is 0.276 e. The van der Waals surface area contributed by atoms with Crippen LogP contribution in [0.3, 0.4) is 0 Å². The van der Waals surface area contributed by atoms with Crippen LogP contribution < -0.4 is 0 Å². The molecule has 1 amide bonds. The zero-order valence-electron chi connectivity index (χ0n) is 13.2. The Morgan fingerprint density at radius 1 is 1.41 bits per heavy atom. The summed E-state index contributed by atoms with van der Waals surface area (Å²) in [5, 5.41) is 3.96. The zero-order chi connectivity index (χ0) is 15.5. The van der Waals surface area contributed by atoms with E-state index in [-0.39, 0.29) is 11.9 Å². The molecule has 116 valence electrons. The van der Waals surface area contributed by atoms with Gasteiger partial charge in [0.2, 0.25) is 0 Å². The minimum absolute atomic E-state index is 0.0168. The van der Waals surface area contributed by atoms with E-state index in [4.69, 9.17) is 4.52 Å². The molecule has 1 aliphatic rings. The lowest BCUT2D eigenvalue weighted by molar-refractivity contribution is 0.0724. The Morgan fingerprint density at radius 2 is 2.23 bits per heavy atom. The van der Waals surface area contributed by atoms with Gasteiger partial charge in [-0.2, -0.15) is 0 Å². The Hall–Kier alpha value is -2.10. The van der Waals surface area contributed by atoms with Gasteiger partial charge in [-0.3, -0.25) is 4.79 Å². The van der Waals surface area contributed by atoms with Crippen LogP contribution in [-0.2, 0) is 6.42 Å². The van der Waals surface area contributed by atoms with Crippen LogP contribution in [0.4, 0.5) is 0 Å². The molecule has 0 spiro atoms. The van der Waals surface area contributed by atoms with Crippen molar-refractivity contribution < 1.29 is 9.32 Å². The molecule has 2 heterocycles. The molecule has 1 aliphatic heterocycles. The molecule has 0 saturated carbocycles. The van der Waals surface area contributed by atoms with Crippen molar-refractivity contribution in [2.45, 2.75) is 45.6 Å². The fourth-order valence-corrected chi connectivity index (χ4v) is 3.22. The predicted molar refractivity (Wildman–Crippen MR) is 84.7 cm³/mol. The van der Waals surface area contributed by atoms with Crippen LogP contribution in [0.1, 0.15) is 59.6 Å². The van der Waals surface area contributed by atoms with Crippen LogP contribution in [-0.4, -0.2) is 22.5 Å². The first-order chi connectivity index (χ1) is 10.7. The molecule has 22 heavy (non-hydrogen) atoms. The monoisotopic (exact) mass is 298 g/mol. The third kappa shape index (κ3) is 2.78. The molecule has 1 saturated heterocycles. The first-order valence-electron chi connectivity index (χ1n) is 8.02. The number of aromatic nitrogens is 1. The highest BCUT2D eigenvalue weighted by Gasteiger charge is 2.32. The molecular weight excluding hydrogens is 276 g/mol. The van der Waals surface area contributed by atoms with Crippen molar-refractivity contribution in [1.29, 1.82) is 0 Å². The first-order valence-corrected chi connectivity index (χ1v) is 8.02. The molecule has 4 heteroatoms. The second-order valence-corrected chi connectivity index (χ2v) is 5.94. The highest BCUT2D eigenvalue weighted by molar-refractivity contribution is 5.92. The SMILES string of the molecule is CCCc1cc(C(=O)N2CCCC2c2ccccc2C)no1. The predicted octanol–water partition coefficient (Wildman–Crippen LogP) is 3.91. The Morgan fingerprint density at radius 3 is 3.00 bits per heavy atom. The average molecular weight is 298 g/mol. The molecule has 0 radical (unpaired) electrons. The van der Waals surface area contributed by atoms with E-state index in [9.17, 15) is 4.79 Å². The van der Waals surface area contributed by atoms with Crippen molar-refractivity contribution in [1.82, 2.24) is 10.1 Å². The van der Waals surface area contributed by atoms with Gasteiger partial charge in [0.1, 0.15) is 5.76 Å². The van der Waals surface area contributed by atoms with Crippen LogP contribution in [0.25, 0.3) is 0 Å². The molecule has 1 aromatic heterocycles. The summed E-state index contributed by atoms with van der Waals surface area (Å²) in [7, 11) is 0. The second kappa shape index (κ2) is 6.34. The summed E-state index contributed by atoms with van der Waals surface area (Å²) in [6.07, 6.45) is 3.85. The number of benzene rings is 1. The number of nitrogens with zero attached hydrogens (tertiary/aromatic N) is 2. The molecule has 1 unspecified atom stereocenters. The number of carbonyl (C=O) groups excluding carboxylic acids is 1. The number of carbonyl (C=O) groups is 1. The molecule has 1 atom stereocenters. The van der Waals surface area contributed by atoms with E-state index in [0.29, 0.717) is 5.69 Å². The van der Waals surface area contributed by atoms with E-state index >= 15 is 0 Å². The summed E-state index contributed by atoms with van der Waals surface area (Å²) in [5.74, 6) is 0.773. The Bertz CT molecular complexity index is 663. The third-order valence-corrected chi connectivity index (χ3v) is 4.34. The van der Waals surface area contributed by atoms with Gasteiger partial charge in [0.05, 0.1) is 6.04 Å². The molecule has 4 nitrogen and oxygen atoms in total. The van der Waals surface area contributed by atoms with Crippen molar-refractivity contribution >= 4 is 5.91 Å². The summed E-state index contributed by atoms with van der Waals surface area (Å²) in [5.41, 5.74) is 2.91. The number of amides is 1. The van der Waals surface area contributed by atoms with Gasteiger partial charge < -0.3 is 9.42 Å². The summed E-state index contributed by atoms with van der Waals surface area (Å²) in [6, 6.07) is 10.2.